The molecule has 0 aliphatic heterocycles. The van der Waals surface area contributed by atoms with Crippen molar-refractivity contribution >= 4 is 33.3 Å². The zero-order valence-corrected chi connectivity index (χ0v) is 10.3. The zero-order chi connectivity index (χ0) is 10.2. The van der Waals surface area contributed by atoms with Gasteiger partial charge in [-0.15, -0.1) is 11.6 Å². The van der Waals surface area contributed by atoms with Crippen molar-refractivity contribution in [3.05, 3.63) is 22.3 Å². The van der Waals surface area contributed by atoms with Crippen LogP contribution in [0.1, 0.15) is 18.4 Å². The number of pyridine rings is 1. The van der Waals surface area contributed by atoms with E-state index in [0.29, 0.717) is 5.88 Å². The minimum atomic E-state index is 0.102. The van der Waals surface area contributed by atoms with E-state index in [1.807, 2.05) is 12.3 Å². The van der Waals surface area contributed by atoms with Crippen LogP contribution in [0.25, 0.3) is 0 Å². The summed E-state index contributed by atoms with van der Waals surface area (Å²) in [5, 5.41) is 3.40. The Morgan fingerprint density at radius 2 is 2.36 bits per heavy atom. The minimum Gasteiger partial charge on any atom is -0.362 e. The third kappa shape index (κ3) is 1.89. The Morgan fingerprint density at radius 3 is 2.93 bits per heavy atom. The van der Waals surface area contributed by atoms with Crippen LogP contribution in [0.2, 0.25) is 0 Å². The van der Waals surface area contributed by atoms with Crippen LogP contribution >= 0.6 is 27.5 Å². The Bertz CT molecular complexity index is 350. The van der Waals surface area contributed by atoms with E-state index >= 15 is 0 Å². The van der Waals surface area contributed by atoms with Crippen LogP contribution in [0.5, 0.6) is 0 Å². The molecule has 1 aliphatic carbocycles. The summed E-state index contributed by atoms with van der Waals surface area (Å²) >= 11 is 9.41. The second-order valence-electron chi connectivity index (χ2n) is 3.83. The summed E-state index contributed by atoms with van der Waals surface area (Å²) in [6.07, 6.45) is 4.09. The average molecular weight is 276 g/mol. The van der Waals surface area contributed by atoms with Crippen LogP contribution in [-0.2, 0) is 0 Å². The van der Waals surface area contributed by atoms with Gasteiger partial charge in [-0.3, -0.25) is 0 Å². The predicted octanol–water partition coefficient (Wildman–Crippen LogP) is 3.34. The molecule has 1 aliphatic rings. The van der Waals surface area contributed by atoms with Crippen LogP contribution in [0.15, 0.2) is 16.7 Å². The molecule has 1 heterocycles. The van der Waals surface area contributed by atoms with Crippen LogP contribution < -0.4 is 5.32 Å². The van der Waals surface area contributed by atoms with Gasteiger partial charge < -0.3 is 5.32 Å². The third-order valence-electron chi connectivity index (χ3n) is 2.58. The van der Waals surface area contributed by atoms with E-state index < -0.39 is 0 Å². The van der Waals surface area contributed by atoms with E-state index in [0.717, 1.165) is 23.1 Å². The first-order valence-electron chi connectivity index (χ1n) is 4.62. The molecular formula is C10H12BrClN2. The lowest BCUT2D eigenvalue weighted by Gasteiger charge is -2.16. The van der Waals surface area contributed by atoms with Gasteiger partial charge in [-0.1, -0.05) is 0 Å². The van der Waals surface area contributed by atoms with E-state index in [1.54, 1.807) is 0 Å². The lowest BCUT2D eigenvalue weighted by atomic mass is 10.2. The van der Waals surface area contributed by atoms with Gasteiger partial charge in [-0.05, 0) is 47.3 Å². The van der Waals surface area contributed by atoms with Gasteiger partial charge in [0.1, 0.15) is 5.82 Å². The first-order valence-corrected chi connectivity index (χ1v) is 5.95. The Kier molecular flexibility index (Phi) is 2.71. The van der Waals surface area contributed by atoms with Crippen LogP contribution in [0.4, 0.5) is 5.82 Å². The van der Waals surface area contributed by atoms with Crippen LogP contribution in [-0.4, -0.2) is 16.4 Å². The van der Waals surface area contributed by atoms with Crippen molar-refractivity contribution in [2.24, 2.45) is 0 Å². The molecule has 0 bridgehead atoms. The predicted molar refractivity (Wildman–Crippen MR) is 63.0 cm³/mol. The molecule has 1 fully saturated rings. The molecule has 0 saturated heterocycles. The number of hydrogen-bond acceptors (Lipinski definition) is 2. The number of nitrogens with zero attached hydrogens (tertiary/aromatic N) is 1. The van der Waals surface area contributed by atoms with Crippen molar-refractivity contribution in [1.82, 2.24) is 4.98 Å². The number of hydrogen-bond donors (Lipinski definition) is 1. The largest absolute Gasteiger partial charge is 0.362 e. The van der Waals surface area contributed by atoms with Crippen molar-refractivity contribution < 1.29 is 0 Å². The Morgan fingerprint density at radius 1 is 1.64 bits per heavy atom. The summed E-state index contributed by atoms with van der Waals surface area (Å²) in [5.74, 6) is 1.55. The second kappa shape index (κ2) is 3.70. The fourth-order valence-corrected chi connectivity index (χ4v) is 1.99. The highest BCUT2D eigenvalue weighted by Gasteiger charge is 2.42. The van der Waals surface area contributed by atoms with E-state index in [9.17, 15) is 0 Å². The number of halogens is 2. The number of nitrogens with one attached hydrogen (secondary N) is 1. The maximum atomic E-state index is 5.89. The molecule has 0 amide bonds. The van der Waals surface area contributed by atoms with Gasteiger partial charge in [0.15, 0.2) is 0 Å². The summed E-state index contributed by atoms with van der Waals surface area (Å²) in [6, 6.07) is 1.98. The molecule has 1 aromatic rings. The van der Waals surface area contributed by atoms with E-state index in [1.165, 1.54) is 5.56 Å². The summed E-state index contributed by atoms with van der Waals surface area (Å²) in [5.41, 5.74) is 1.29. The monoisotopic (exact) mass is 274 g/mol. The van der Waals surface area contributed by atoms with Gasteiger partial charge in [-0.25, -0.2) is 4.98 Å². The van der Waals surface area contributed by atoms with Gasteiger partial charge in [0.2, 0.25) is 0 Å². The SMILES string of the molecule is Cc1ccnc(NC2(CCl)CC2)c1Br. The second-order valence-corrected chi connectivity index (χ2v) is 4.89. The molecule has 0 spiro atoms. The molecular weight excluding hydrogens is 263 g/mol. The highest BCUT2D eigenvalue weighted by Crippen LogP contribution is 2.41. The molecule has 1 aromatic heterocycles. The molecule has 1 saturated carbocycles. The van der Waals surface area contributed by atoms with Crippen molar-refractivity contribution in [3.63, 3.8) is 0 Å². The fraction of sp³-hybridized carbons (Fsp3) is 0.500. The lowest BCUT2D eigenvalue weighted by molar-refractivity contribution is 0.827. The highest BCUT2D eigenvalue weighted by molar-refractivity contribution is 9.10. The standard InChI is InChI=1S/C10H12BrClN2/c1-7-2-5-13-9(8(7)11)14-10(6-12)3-4-10/h2,5H,3-4,6H2,1H3,(H,13,14). The summed E-state index contributed by atoms with van der Waals surface area (Å²) in [7, 11) is 0. The molecule has 2 rings (SSSR count). The maximum absolute atomic E-state index is 5.89. The summed E-state index contributed by atoms with van der Waals surface area (Å²) < 4.78 is 1.04. The zero-order valence-electron chi connectivity index (χ0n) is 7.98. The Labute approximate surface area is 97.2 Å². The van der Waals surface area contributed by atoms with Gasteiger partial charge >= 0.3 is 0 Å². The van der Waals surface area contributed by atoms with Gasteiger partial charge in [0, 0.05) is 12.1 Å². The van der Waals surface area contributed by atoms with Gasteiger partial charge in [-0.2, -0.15) is 0 Å². The molecule has 0 radical (unpaired) electrons. The topological polar surface area (TPSA) is 24.9 Å². The average Bonchev–Trinajstić information content (AvgIpc) is 2.94. The number of aryl methyl sites for hydroxylation is 1. The van der Waals surface area contributed by atoms with Crippen LogP contribution in [0, 0.1) is 6.92 Å². The maximum Gasteiger partial charge on any atom is 0.141 e. The molecule has 14 heavy (non-hydrogen) atoms. The highest BCUT2D eigenvalue weighted by atomic mass is 79.9. The first-order chi connectivity index (χ1) is 6.67. The normalized spacial score (nSPS) is 17.9. The Balaban J connectivity index is 2.21. The molecule has 4 heteroatoms. The van der Waals surface area contributed by atoms with Crippen LogP contribution in [0.3, 0.4) is 0 Å². The molecule has 76 valence electrons. The smallest absolute Gasteiger partial charge is 0.141 e. The lowest BCUT2D eigenvalue weighted by Crippen LogP contribution is -2.23. The van der Waals surface area contributed by atoms with Gasteiger partial charge in [0.05, 0.1) is 10.0 Å². The molecule has 1 N–H and O–H groups in total. The third-order valence-corrected chi connectivity index (χ3v) is 4.09. The van der Waals surface area contributed by atoms with Gasteiger partial charge in [0.25, 0.3) is 0 Å². The molecule has 2 nitrogen and oxygen atoms in total. The summed E-state index contributed by atoms with van der Waals surface area (Å²) in [4.78, 5) is 4.30. The van der Waals surface area contributed by atoms with E-state index in [4.69, 9.17) is 11.6 Å². The quantitative estimate of drug-likeness (QED) is 0.856. The van der Waals surface area contributed by atoms with Crippen molar-refractivity contribution in [1.29, 1.82) is 0 Å². The molecule has 0 unspecified atom stereocenters. The van der Waals surface area contributed by atoms with E-state index in [2.05, 4.69) is 33.2 Å². The molecule has 0 aromatic carbocycles. The molecule has 0 atom stereocenters. The Hall–Kier alpha value is -0.280. The first kappa shape index (κ1) is 10.2. The summed E-state index contributed by atoms with van der Waals surface area (Å²) in [6.45, 7) is 2.05. The van der Waals surface area contributed by atoms with Crippen molar-refractivity contribution in [2.75, 3.05) is 11.2 Å². The fourth-order valence-electron chi connectivity index (χ4n) is 1.32. The number of rotatable bonds is 3. The number of alkyl halides is 1. The van der Waals surface area contributed by atoms with E-state index in [-0.39, 0.29) is 5.54 Å². The number of aromatic nitrogens is 1. The van der Waals surface area contributed by atoms with Crippen molar-refractivity contribution in [3.8, 4) is 0 Å². The van der Waals surface area contributed by atoms with Crippen molar-refractivity contribution in [2.45, 2.75) is 25.3 Å². The minimum absolute atomic E-state index is 0.102. The number of anilines is 1.